The number of rotatable bonds is 10. The molecule has 1 saturated heterocycles. The number of fused-ring (bicyclic) bond motifs is 1. The molecule has 2 aliphatic rings. The van der Waals surface area contributed by atoms with Crippen LogP contribution >= 0.6 is 0 Å². The van der Waals surface area contributed by atoms with E-state index in [-0.39, 0.29) is 0 Å². The van der Waals surface area contributed by atoms with E-state index in [2.05, 4.69) is 56.3 Å². The van der Waals surface area contributed by atoms with Crippen molar-refractivity contribution in [2.45, 2.75) is 51.1 Å². The highest BCUT2D eigenvalue weighted by Gasteiger charge is 2.22. The van der Waals surface area contributed by atoms with E-state index in [0.717, 1.165) is 74.8 Å². The van der Waals surface area contributed by atoms with Crippen molar-refractivity contribution < 1.29 is 0 Å². The Morgan fingerprint density at radius 2 is 1.77 bits per heavy atom. The van der Waals surface area contributed by atoms with Crippen LogP contribution in [0.4, 0.5) is 17.5 Å². The van der Waals surface area contributed by atoms with Gasteiger partial charge < -0.3 is 25.8 Å². The lowest BCUT2D eigenvalue weighted by atomic mass is 10.2. The number of unbranched alkanes of at least 4 members (excludes halogenated alkanes) is 1. The molecule has 2 aromatic heterocycles. The largest absolute Gasteiger partial charge is 0.354 e. The third kappa shape index (κ3) is 5.91. The van der Waals surface area contributed by atoms with E-state index in [1.165, 1.54) is 31.2 Å². The highest BCUT2D eigenvalue weighted by Crippen LogP contribution is 2.33. The van der Waals surface area contributed by atoms with Crippen molar-refractivity contribution in [1.82, 2.24) is 29.3 Å². The summed E-state index contributed by atoms with van der Waals surface area (Å²) in [6, 6.07) is 9.18. The van der Waals surface area contributed by atoms with Gasteiger partial charge in [-0.1, -0.05) is 25.0 Å². The zero-order valence-corrected chi connectivity index (χ0v) is 20.9. The summed E-state index contributed by atoms with van der Waals surface area (Å²) >= 11 is 0. The Morgan fingerprint density at radius 1 is 1.00 bits per heavy atom. The maximum atomic E-state index is 5.65. The van der Waals surface area contributed by atoms with Gasteiger partial charge in [-0.3, -0.25) is 4.90 Å². The normalized spacial score (nSPS) is 17.9. The fourth-order valence-electron chi connectivity index (χ4n) is 5.10. The fraction of sp³-hybridized carbons (Fsp3) is 0.577. The van der Waals surface area contributed by atoms with E-state index < -0.39 is 0 Å². The van der Waals surface area contributed by atoms with Crippen LogP contribution in [0.25, 0.3) is 11.2 Å². The van der Waals surface area contributed by atoms with Gasteiger partial charge in [0.25, 0.3) is 0 Å². The Morgan fingerprint density at radius 3 is 2.51 bits per heavy atom. The van der Waals surface area contributed by atoms with E-state index in [1.54, 1.807) is 0 Å². The summed E-state index contributed by atoms with van der Waals surface area (Å²) in [5.41, 5.74) is 9.73. The summed E-state index contributed by atoms with van der Waals surface area (Å²) in [4.78, 5) is 19.3. The van der Waals surface area contributed by atoms with Crippen LogP contribution in [0.3, 0.4) is 0 Å². The van der Waals surface area contributed by atoms with Gasteiger partial charge >= 0.3 is 0 Å². The van der Waals surface area contributed by atoms with Crippen molar-refractivity contribution in [2.75, 3.05) is 56.9 Å². The van der Waals surface area contributed by atoms with Crippen LogP contribution in [-0.2, 0) is 6.54 Å². The Hall–Kier alpha value is -2.75. The maximum absolute atomic E-state index is 5.65. The minimum Gasteiger partial charge on any atom is -0.354 e. The lowest BCUT2D eigenvalue weighted by Crippen LogP contribution is -2.43. The SMILES string of the molecule is CN1CCN(Cc2ccc(Nc3nc(NCCCCN)nc4c3ncn4C3CCCC3)cc2)CC1. The average Bonchev–Trinajstić information content (AvgIpc) is 3.55. The lowest BCUT2D eigenvalue weighted by Gasteiger charge is -2.32. The summed E-state index contributed by atoms with van der Waals surface area (Å²) in [7, 11) is 2.19. The molecule has 0 unspecified atom stereocenters. The lowest BCUT2D eigenvalue weighted by molar-refractivity contribution is 0.148. The minimum atomic E-state index is 0.474. The minimum absolute atomic E-state index is 0.474. The number of benzene rings is 1. The number of nitrogens with one attached hydrogen (secondary N) is 2. The number of imidazole rings is 1. The van der Waals surface area contributed by atoms with Crippen molar-refractivity contribution in [3.05, 3.63) is 36.2 Å². The van der Waals surface area contributed by atoms with Crippen LogP contribution in [-0.4, -0.2) is 75.6 Å². The van der Waals surface area contributed by atoms with Crippen LogP contribution in [0, 0.1) is 0 Å². The van der Waals surface area contributed by atoms with Crippen LogP contribution < -0.4 is 16.4 Å². The van der Waals surface area contributed by atoms with E-state index in [9.17, 15) is 0 Å². The Kier molecular flexibility index (Phi) is 7.75. The number of nitrogens with two attached hydrogens (primary N) is 1. The maximum Gasteiger partial charge on any atom is 0.226 e. The first-order chi connectivity index (χ1) is 17.2. The Bertz CT molecular complexity index is 1080. The smallest absolute Gasteiger partial charge is 0.226 e. The number of hydrogen-bond donors (Lipinski definition) is 3. The van der Waals surface area contributed by atoms with Gasteiger partial charge in [-0.15, -0.1) is 0 Å². The molecule has 0 amide bonds. The number of nitrogens with zero attached hydrogens (tertiary/aromatic N) is 6. The molecule has 35 heavy (non-hydrogen) atoms. The molecular formula is C26H39N9. The fourth-order valence-corrected chi connectivity index (χ4v) is 5.10. The highest BCUT2D eigenvalue weighted by atomic mass is 15.2. The molecule has 188 valence electrons. The molecule has 0 radical (unpaired) electrons. The molecule has 1 saturated carbocycles. The standard InChI is InChI=1S/C26H39N9/c1-33-14-16-34(17-15-33)18-20-8-10-21(11-9-20)30-24-23-25(32-26(31-24)28-13-5-4-12-27)35(19-29-23)22-6-2-3-7-22/h8-11,19,22H,2-7,12-18,27H2,1H3,(H2,28,30,31,32). The molecule has 9 heteroatoms. The molecule has 2 fully saturated rings. The molecule has 0 spiro atoms. The first-order valence-electron chi connectivity index (χ1n) is 13.1. The van der Waals surface area contributed by atoms with Crippen LogP contribution in [0.5, 0.6) is 0 Å². The summed E-state index contributed by atoms with van der Waals surface area (Å²) in [5.74, 6) is 1.39. The van der Waals surface area contributed by atoms with Gasteiger partial charge in [0.05, 0.1) is 6.33 Å². The quantitative estimate of drug-likeness (QED) is 0.381. The molecule has 1 aliphatic heterocycles. The van der Waals surface area contributed by atoms with Gasteiger partial charge in [0.15, 0.2) is 17.0 Å². The van der Waals surface area contributed by atoms with Gasteiger partial charge in [-0.2, -0.15) is 9.97 Å². The predicted molar refractivity (Wildman–Crippen MR) is 142 cm³/mol. The second-order valence-electron chi connectivity index (χ2n) is 9.98. The van der Waals surface area contributed by atoms with Crippen LogP contribution in [0.1, 0.15) is 50.1 Å². The molecule has 1 aromatic carbocycles. The topological polar surface area (TPSA) is 100 Å². The third-order valence-electron chi connectivity index (χ3n) is 7.27. The second-order valence-corrected chi connectivity index (χ2v) is 9.98. The van der Waals surface area contributed by atoms with Gasteiger partial charge in [-0.05, 0) is 57.0 Å². The number of anilines is 3. The molecule has 9 nitrogen and oxygen atoms in total. The van der Waals surface area contributed by atoms with E-state index in [1.807, 2.05) is 6.33 Å². The molecule has 0 atom stereocenters. The van der Waals surface area contributed by atoms with Gasteiger partial charge in [0.2, 0.25) is 5.95 Å². The Labute approximate surface area is 208 Å². The molecule has 3 heterocycles. The summed E-state index contributed by atoms with van der Waals surface area (Å²) < 4.78 is 2.25. The Balaban J connectivity index is 1.34. The molecule has 3 aromatic rings. The molecule has 0 bridgehead atoms. The zero-order chi connectivity index (χ0) is 24.0. The first kappa shape index (κ1) is 24.0. The van der Waals surface area contributed by atoms with Crippen LogP contribution in [0.2, 0.25) is 0 Å². The molecule has 1 aliphatic carbocycles. The highest BCUT2D eigenvalue weighted by molar-refractivity contribution is 5.86. The van der Waals surface area contributed by atoms with Gasteiger partial charge in [0.1, 0.15) is 0 Å². The second kappa shape index (κ2) is 11.3. The summed E-state index contributed by atoms with van der Waals surface area (Å²) in [6.45, 7) is 7.03. The number of aromatic nitrogens is 4. The van der Waals surface area contributed by atoms with Crippen LogP contribution in [0.15, 0.2) is 30.6 Å². The van der Waals surface area contributed by atoms with Gasteiger partial charge in [0, 0.05) is 51.0 Å². The van der Waals surface area contributed by atoms with Crippen molar-refractivity contribution in [3.63, 3.8) is 0 Å². The van der Waals surface area contributed by atoms with Crippen molar-refractivity contribution in [1.29, 1.82) is 0 Å². The van der Waals surface area contributed by atoms with E-state index >= 15 is 0 Å². The van der Waals surface area contributed by atoms with Crippen molar-refractivity contribution in [2.24, 2.45) is 5.73 Å². The van der Waals surface area contributed by atoms with Crippen molar-refractivity contribution in [3.8, 4) is 0 Å². The monoisotopic (exact) mass is 477 g/mol. The number of hydrogen-bond acceptors (Lipinski definition) is 8. The predicted octanol–water partition coefficient (Wildman–Crippen LogP) is 3.58. The molecular weight excluding hydrogens is 438 g/mol. The molecule has 4 N–H and O–H groups in total. The average molecular weight is 478 g/mol. The third-order valence-corrected chi connectivity index (χ3v) is 7.27. The van der Waals surface area contributed by atoms with E-state index in [4.69, 9.17) is 20.7 Å². The van der Waals surface area contributed by atoms with Crippen molar-refractivity contribution >= 4 is 28.6 Å². The number of likely N-dealkylation sites (N-methyl/N-ethyl adjacent to an activating group) is 1. The molecule has 5 rings (SSSR count). The zero-order valence-electron chi connectivity index (χ0n) is 20.9. The number of piperazine rings is 1. The van der Waals surface area contributed by atoms with Gasteiger partial charge in [-0.25, -0.2) is 4.98 Å². The summed E-state index contributed by atoms with van der Waals surface area (Å²) in [5, 5.41) is 6.92. The summed E-state index contributed by atoms with van der Waals surface area (Å²) in [6.07, 6.45) is 8.84. The first-order valence-corrected chi connectivity index (χ1v) is 13.1. The van der Waals surface area contributed by atoms with E-state index in [0.29, 0.717) is 18.5 Å².